The first-order valence-corrected chi connectivity index (χ1v) is 12.0. The van der Waals surface area contributed by atoms with Crippen molar-refractivity contribution in [1.82, 2.24) is 14.9 Å². The van der Waals surface area contributed by atoms with Crippen LogP contribution in [0.25, 0.3) is 22.4 Å². The highest BCUT2D eigenvalue weighted by Crippen LogP contribution is 2.41. The lowest BCUT2D eigenvalue weighted by Crippen LogP contribution is -2.44. The molecule has 0 amide bonds. The highest BCUT2D eigenvalue weighted by Gasteiger charge is 2.20. The number of halogens is 1. The Morgan fingerprint density at radius 2 is 1.54 bits per heavy atom. The number of nitrogens with zero attached hydrogens (tertiary/aromatic N) is 3. The third kappa shape index (κ3) is 4.91. The van der Waals surface area contributed by atoms with Gasteiger partial charge in [0, 0.05) is 31.7 Å². The molecule has 190 valence electrons. The zero-order valence-electron chi connectivity index (χ0n) is 21.4. The molecule has 1 fully saturated rings. The summed E-state index contributed by atoms with van der Waals surface area (Å²) in [6, 6.07) is 14.3. The van der Waals surface area contributed by atoms with Crippen molar-refractivity contribution in [2.75, 3.05) is 59.5 Å². The van der Waals surface area contributed by atoms with E-state index >= 15 is 0 Å². The number of piperazine rings is 1. The minimum absolute atomic E-state index is 0.330. The summed E-state index contributed by atoms with van der Waals surface area (Å²) in [5, 5.41) is 0. The van der Waals surface area contributed by atoms with Gasteiger partial charge in [0.1, 0.15) is 11.6 Å². The summed E-state index contributed by atoms with van der Waals surface area (Å²) < 4.78 is 30.7. The topological polar surface area (TPSA) is 62.9 Å². The molecule has 0 bridgehead atoms. The molecule has 4 aromatic rings. The predicted molar refractivity (Wildman–Crippen MR) is 143 cm³/mol. The lowest BCUT2D eigenvalue weighted by molar-refractivity contribution is 0.313. The minimum Gasteiger partial charge on any atom is -0.493 e. The standard InChI is InChI=1S/C29H29FN4O3/c1-33-11-13-34(14-12-33)25-18-24-23(15-20(25)10-9-19-7-5-6-8-22(19)30)31-29(32-24)21-16-26(35-2)28(37-4)27(17-21)36-3/h5-8,15-18H,11-14H2,1-4H3,(H,31,32). The number of hydrogen-bond acceptors (Lipinski definition) is 6. The molecule has 1 saturated heterocycles. The molecule has 0 atom stereocenters. The van der Waals surface area contributed by atoms with Crippen LogP contribution < -0.4 is 19.1 Å². The fraction of sp³-hybridized carbons (Fsp3) is 0.276. The Morgan fingerprint density at radius 3 is 2.19 bits per heavy atom. The first kappa shape index (κ1) is 24.5. The van der Waals surface area contributed by atoms with Crippen LogP contribution >= 0.6 is 0 Å². The van der Waals surface area contributed by atoms with E-state index in [9.17, 15) is 4.39 Å². The highest BCUT2D eigenvalue weighted by molar-refractivity contribution is 5.87. The van der Waals surface area contributed by atoms with Crippen molar-refractivity contribution in [1.29, 1.82) is 0 Å². The summed E-state index contributed by atoms with van der Waals surface area (Å²) in [5.74, 6) is 8.19. The number of benzene rings is 3. The van der Waals surface area contributed by atoms with Crippen LogP contribution in [0.3, 0.4) is 0 Å². The number of nitrogens with one attached hydrogen (secondary N) is 1. The second-order valence-electron chi connectivity index (χ2n) is 8.91. The Bertz CT molecular complexity index is 1470. The van der Waals surface area contributed by atoms with Gasteiger partial charge < -0.3 is 29.0 Å². The molecular weight excluding hydrogens is 471 g/mol. The Hall–Kier alpha value is -4.22. The van der Waals surface area contributed by atoms with E-state index in [0.29, 0.717) is 28.6 Å². The van der Waals surface area contributed by atoms with Crippen molar-refractivity contribution in [3.05, 3.63) is 65.5 Å². The lowest BCUT2D eigenvalue weighted by Gasteiger charge is -2.34. The number of fused-ring (bicyclic) bond motifs is 1. The number of aromatic amines is 1. The van der Waals surface area contributed by atoms with Gasteiger partial charge in [-0.25, -0.2) is 9.37 Å². The molecule has 2 heterocycles. The number of likely N-dealkylation sites (N-methyl/N-ethyl adjacent to an activating group) is 1. The van der Waals surface area contributed by atoms with Gasteiger partial charge in [0.25, 0.3) is 0 Å². The maximum atomic E-state index is 14.2. The smallest absolute Gasteiger partial charge is 0.203 e. The van der Waals surface area contributed by atoms with Crippen molar-refractivity contribution in [2.24, 2.45) is 0 Å². The molecule has 1 N–H and O–H groups in total. The van der Waals surface area contributed by atoms with E-state index in [1.54, 1.807) is 39.5 Å². The normalized spacial score (nSPS) is 13.8. The summed E-state index contributed by atoms with van der Waals surface area (Å²) in [6.45, 7) is 3.66. The molecule has 8 heteroatoms. The maximum Gasteiger partial charge on any atom is 0.203 e. The first-order valence-electron chi connectivity index (χ1n) is 12.0. The zero-order valence-corrected chi connectivity index (χ0v) is 21.4. The predicted octanol–water partition coefficient (Wildman–Crippen LogP) is 4.55. The summed E-state index contributed by atoms with van der Waals surface area (Å²) in [7, 11) is 6.87. The Balaban J connectivity index is 1.62. The summed E-state index contributed by atoms with van der Waals surface area (Å²) in [5.41, 5.74) is 4.63. The lowest BCUT2D eigenvalue weighted by atomic mass is 10.1. The van der Waals surface area contributed by atoms with Crippen molar-refractivity contribution in [2.45, 2.75) is 0 Å². The number of methoxy groups -OCH3 is 3. The van der Waals surface area contributed by atoms with Crippen LogP contribution in [0.1, 0.15) is 11.1 Å². The largest absolute Gasteiger partial charge is 0.493 e. The van der Waals surface area contributed by atoms with E-state index in [1.165, 1.54) is 6.07 Å². The Kier molecular flexibility index (Phi) is 6.89. The first-order chi connectivity index (χ1) is 18.0. The quantitative estimate of drug-likeness (QED) is 0.406. The van der Waals surface area contributed by atoms with Crippen LogP contribution in [0.5, 0.6) is 17.2 Å². The summed E-state index contributed by atoms with van der Waals surface area (Å²) in [6.07, 6.45) is 0. The van der Waals surface area contributed by atoms with E-state index in [0.717, 1.165) is 54.0 Å². The maximum absolute atomic E-state index is 14.2. The van der Waals surface area contributed by atoms with Crippen LogP contribution in [0, 0.1) is 17.7 Å². The zero-order chi connectivity index (χ0) is 25.9. The third-order valence-corrected chi connectivity index (χ3v) is 6.59. The molecule has 0 saturated carbocycles. The third-order valence-electron chi connectivity index (χ3n) is 6.59. The van der Waals surface area contributed by atoms with Gasteiger partial charge in [-0.1, -0.05) is 24.0 Å². The minimum atomic E-state index is -0.330. The van der Waals surface area contributed by atoms with Crippen LogP contribution in [0.2, 0.25) is 0 Å². The van der Waals surface area contributed by atoms with Crippen molar-refractivity contribution in [3.8, 4) is 40.5 Å². The van der Waals surface area contributed by atoms with E-state index in [2.05, 4.69) is 39.7 Å². The van der Waals surface area contributed by atoms with Gasteiger partial charge in [0.15, 0.2) is 11.5 Å². The molecule has 1 aliphatic heterocycles. The molecule has 37 heavy (non-hydrogen) atoms. The SMILES string of the molecule is COc1cc(-c2nc3cc(N4CCN(C)CC4)c(C#Cc4ccccc4F)cc3[nH]2)cc(OC)c1OC. The fourth-order valence-corrected chi connectivity index (χ4v) is 4.51. The number of anilines is 1. The Labute approximate surface area is 215 Å². The molecule has 1 aromatic heterocycles. The van der Waals surface area contributed by atoms with Crippen molar-refractivity contribution >= 4 is 16.7 Å². The number of rotatable bonds is 5. The molecule has 0 aliphatic carbocycles. The average Bonchev–Trinajstić information content (AvgIpc) is 3.34. The second-order valence-corrected chi connectivity index (χ2v) is 8.91. The van der Waals surface area contributed by atoms with Gasteiger partial charge in [0.05, 0.1) is 49.2 Å². The molecule has 3 aromatic carbocycles. The molecule has 7 nitrogen and oxygen atoms in total. The van der Waals surface area contributed by atoms with Crippen molar-refractivity contribution in [3.63, 3.8) is 0 Å². The van der Waals surface area contributed by atoms with Crippen LogP contribution in [-0.2, 0) is 0 Å². The number of H-pyrrole nitrogens is 1. The van der Waals surface area contributed by atoms with Gasteiger partial charge in [-0.3, -0.25) is 0 Å². The molecular formula is C29H29FN4O3. The summed E-state index contributed by atoms with van der Waals surface area (Å²) in [4.78, 5) is 12.9. The van der Waals surface area contributed by atoms with Gasteiger partial charge in [-0.2, -0.15) is 0 Å². The number of imidazole rings is 1. The average molecular weight is 501 g/mol. The van der Waals surface area contributed by atoms with Crippen LogP contribution in [0.15, 0.2) is 48.5 Å². The monoisotopic (exact) mass is 500 g/mol. The van der Waals surface area contributed by atoms with E-state index in [4.69, 9.17) is 19.2 Å². The van der Waals surface area contributed by atoms with E-state index < -0.39 is 0 Å². The Morgan fingerprint density at radius 1 is 0.865 bits per heavy atom. The molecule has 1 aliphatic rings. The fourth-order valence-electron chi connectivity index (χ4n) is 4.51. The molecule has 0 unspecified atom stereocenters. The van der Waals surface area contributed by atoms with Gasteiger partial charge in [-0.15, -0.1) is 0 Å². The van der Waals surface area contributed by atoms with Crippen molar-refractivity contribution < 1.29 is 18.6 Å². The highest BCUT2D eigenvalue weighted by atomic mass is 19.1. The molecule has 0 radical (unpaired) electrons. The number of hydrogen-bond donors (Lipinski definition) is 1. The van der Waals surface area contributed by atoms with Crippen LogP contribution in [-0.4, -0.2) is 69.4 Å². The van der Waals surface area contributed by atoms with Gasteiger partial charge >= 0.3 is 0 Å². The summed E-state index contributed by atoms with van der Waals surface area (Å²) >= 11 is 0. The van der Waals surface area contributed by atoms with E-state index in [-0.39, 0.29) is 5.82 Å². The van der Waals surface area contributed by atoms with Crippen LogP contribution in [0.4, 0.5) is 10.1 Å². The van der Waals surface area contributed by atoms with E-state index in [1.807, 2.05) is 18.2 Å². The van der Waals surface area contributed by atoms with Gasteiger partial charge in [0.2, 0.25) is 5.75 Å². The van der Waals surface area contributed by atoms with Gasteiger partial charge in [-0.05, 0) is 43.4 Å². The molecule has 0 spiro atoms. The molecule has 5 rings (SSSR count). The number of ether oxygens (including phenoxy) is 3. The second kappa shape index (κ2) is 10.4. The number of aromatic nitrogens is 2.